The first kappa shape index (κ1) is 18.3. The third-order valence-electron chi connectivity index (χ3n) is 3.01. The molecule has 0 aliphatic carbocycles. The minimum Gasteiger partial charge on any atom is -0.258 e. The van der Waals surface area contributed by atoms with Crippen LogP contribution in [-0.4, -0.2) is 4.92 Å². The monoisotopic (exact) mass is 346 g/mol. The van der Waals surface area contributed by atoms with E-state index >= 15 is 0 Å². The molecule has 0 atom stereocenters. The van der Waals surface area contributed by atoms with Gasteiger partial charge >= 0.3 is 0 Å². The fraction of sp³-hybridized carbons (Fsp3) is 0. The molecule has 8 heteroatoms. The van der Waals surface area contributed by atoms with E-state index in [1.54, 1.807) is 42.5 Å². The van der Waals surface area contributed by atoms with Crippen LogP contribution in [0.2, 0.25) is 0 Å². The van der Waals surface area contributed by atoms with Crippen LogP contribution in [-0.2, 0) is 0 Å². The molecule has 0 aliphatic heterocycles. The van der Waals surface area contributed by atoms with E-state index in [-0.39, 0.29) is 5.69 Å². The van der Waals surface area contributed by atoms with Crippen LogP contribution in [0.15, 0.2) is 100 Å². The summed E-state index contributed by atoms with van der Waals surface area (Å²) in [5.74, 6) is 0. The van der Waals surface area contributed by atoms with Crippen LogP contribution in [0.1, 0.15) is 0 Å². The molecule has 0 N–H and O–H groups in total. The third-order valence-corrected chi connectivity index (χ3v) is 3.01. The summed E-state index contributed by atoms with van der Waals surface area (Å²) in [6, 6.07) is 24.3. The van der Waals surface area contributed by atoms with Crippen molar-refractivity contribution in [3.05, 3.63) is 105 Å². The first-order valence-corrected chi connectivity index (χ1v) is 7.50. The largest absolute Gasteiger partial charge is 0.269 e. The quantitative estimate of drug-likeness (QED) is 0.173. The van der Waals surface area contributed by atoms with E-state index in [1.807, 2.05) is 30.3 Å². The summed E-state index contributed by atoms with van der Waals surface area (Å²) in [6.07, 6.45) is 0. The molecule has 0 saturated carbocycles. The van der Waals surface area contributed by atoms with Gasteiger partial charge in [-0.25, -0.2) is 0 Å². The van der Waals surface area contributed by atoms with Gasteiger partial charge in [0.15, 0.2) is 0 Å². The van der Waals surface area contributed by atoms with Gasteiger partial charge in [0.25, 0.3) is 5.69 Å². The predicted molar refractivity (Wildman–Crippen MR) is 99.0 cm³/mol. The lowest BCUT2D eigenvalue weighted by Crippen LogP contribution is -1.84. The zero-order chi connectivity index (χ0) is 18.6. The van der Waals surface area contributed by atoms with Gasteiger partial charge in [0, 0.05) is 22.7 Å². The summed E-state index contributed by atoms with van der Waals surface area (Å²) < 4.78 is 0. The smallest absolute Gasteiger partial charge is 0.258 e. The summed E-state index contributed by atoms with van der Waals surface area (Å²) in [5.41, 5.74) is 10.5. The van der Waals surface area contributed by atoms with E-state index in [0.717, 1.165) is 5.69 Å². The Bertz CT molecular complexity index is 905. The van der Waals surface area contributed by atoms with Crippen molar-refractivity contribution in [2.24, 2.45) is 15.3 Å². The normalized spacial score (nSPS) is 9.69. The van der Waals surface area contributed by atoms with Gasteiger partial charge in [-0.2, -0.15) is 10.2 Å². The number of azide groups is 1. The SMILES string of the molecule is O=[N+]([O-])c1ccccc1.[N-]=[N+]=Nc1ccc(/N=N/c2ccccc2)cc1. The molecule has 0 aromatic heterocycles. The van der Waals surface area contributed by atoms with Gasteiger partial charge in [0.1, 0.15) is 0 Å². The highest BCUT2D eigenvalue weighted by molar-refractivity contribution is 5.47. The van der Waals surface area contributed by atoms with Crippen molar-refractivity contribution in [1.29, 1.82) is 0 Å². The fourth-order valence-electron chi connectivity index (χ4n) is 1.80. The Kier molecular flexibility index (Phi) is 7.02. The molecular formula is C18H14N6O2. The number of azo groups is 1. The summed E-state index contributed by atoms with van der Waals surface area (Å²) in [7, 11) is 0. The Morgan fingerprint density at radius 2 is 1.19 bits per heavy atom. The molecule has 26 heavy (non-hydrogen) atoms. The van der Waals surface area contributed by atoms with Gasteiger partial charge in [-0.1, -0.05) is 53.6 Å². The second kappa shape index (κ2) is 9.96. The predicted octanol–water partition coefficient (Wildman–Crippen LogP) is 6.64. The molecule has 0 unspecified atom stereocenters. The molecule has 0 radical (unpaired) electrons. The highest BCUT2D eigenvalue weighted by atomic mass is 16.6. The number of nitrogens with zero attached hydrogens (tertiary/aromatic N) is 6. The van der Waals surface area contributed by atoms with E-state index in [4.69, 9.17) is 5.53 Å². The average Bonchev–Trinajstić information content (AvgIpc) is 2.70. The summed E-state index contributed by atoms with van der Waals surface area (Å²) >= 11 is 0. The Hall–Kier alpha value is -4.03. The fourth-order valence-corrected chi connectivity index (χ4v) is 1.80. The summed E-state index contributed by atoms with van der Waals surface area (Å²) in [4.78, 5) is 12.3. The zero-order valence-electron chi connectivity index (χ0n) is 13.6. The molecule has 0 fully saturated rings. The second-order valence-electron chi connectivity index (χ2n) is 4.83. The standard InChI is InChI=1S/C12H9N5.C6H5NO2/c13-17-16-12-8-6-11(7-9-12)15-14-10-4-2-1-3-5-10;8-7(9)6-4-2-1-3-5-6/h1-9H;1-5H/b15-14+;. The zero-order valence-corrected chi connectivity index (χ0v) is 13.6. The van der Waals surface area contributed by atoms with Gasteiger partial charge in [-0.3, -0.25) is 10.1 Å². The van der Waals surface area contributed by atoms with Crippen molar-refractivity contribution in [3.8, 4) is 0 Å². The first-order chi connectivity index (χ1) is 12.7. The lowest BCUT2D eigenvalue weighted by molar-refractivity contribution is -0.384. The van der Waals surface area contributed by atoms with E-state index in [2.05, 4.69) is 20.3 Å². The Labute approximate surface area is 149 Å². The van der Waals surface area contributed by atoms with Crippen molar-refractivity contribution in [3.63, 3.8) is 0 Å². The van der Waals surface area contributed by atoms with Crippen molar-refractivity contribution in [1.82, 2.24) is 0 Å². The van der Waals surface area contributed by atoms with Gasteiger partial charge in [0.2, 0.25) is 0 Å². The Morgan fingerprint density at radius 3 is 1.65 bits per heavy atom. The van der Waals surface area contributed by atoms with Gasteiger partial charge in [-0.05, 0) is 29.8 Å². The van der Waals surface area contributed by atoms with E-state index in [1.165, 1.54) is 12.1 Å². The lowest BCUT2D eigenvalue weighted by atomic mass is 10.3. The molecule has 0 aliphatic rings. The topological polar surface area (TPSA) is 117 Å². The molecule has 3 aromatic carbocycles. The van der Waals surface area contributed by atoms with Gasteiger partial charge in [-0.15, -0.1) is 0 Å². The molecular weight excluding hydrogens is 332 g/mol. The maximum Gasteiger partial charge on any atom is 0.269 e. The van der Waals surface area contributed by atoms with Crippen LogP contribution in [0.25, 0.3) is 10.4 Å². The minimum atomic E-state index is -0.417. The lowest BCUT2D eigenvalue weighted by Gasteiger charge is -1.93. The maximum atomic E-state index is 10.0. The summed E-state index contributed by atoms with van der Waals surface area (Å²) in [5, 5.41) is 21.6. The molecule has 0 saturated heterocycles. The van der Waals surface area contributed by atoms with Crippen LogP contribution < -0.4 is 0 Å². The number of hydrogen-bond donors (Lipinski definition) is 0. The van der Waals surface area contributed by atoms with Crippen molar-refractivity contribution < 1.29 is 4.92 Å². The number of para-hydroxylation sites is 1. The summed E-state index contributed by atoms with van der Waals surface area (Å²) in [6.45, 7) is 0. The molecule has 0 bridgehead atoms. The van der Waals surface area contributed by atoms with E-state index < -0.39 is 4.92 Å². The molecule has 3 aromatic rings. The highest BCUT2D eigenvalue weighted by Crippen LogP contribution is 2.21. The van der Waals surface area contributed by atoms with Crippen molar-refractivity contribution in [2.45, 2.75) is 0 Å². The van der Waals surface area contributed by atoms with Crippen LogP contribution in [0.5, 0.6) is 0 Å². The van der Waals surface area contributed by atoms with Crippen LogP contribution >= 0.6 is 0 Å². The number of nitro groups is 1. The number of nitro benzene ring substituents is 1. The minimum absolute atomic E-state index is 0.137. The molecule has 128 valence electrons. The van der Waals surface area contributed by atoms with Crippen molar-refractivity contribution >= 4 is 22.7 Å². The number of rotatable bonds is 4. The van der Waals surface area contributed by atoms with E-state index in [9.17, 15) is 10.1 Å². The second-order valence-corrected chi connectivity index (χ2v) is 4.83. The average molecular weight is 346 g/mol. The molecule has 3 rings (SSSR count). The molecule has 0 amide bonds. The maximum absolute atomic E-state index is 10.0. The first-order valence-electron chi connectivity index (χ1n) is 7.50. The third kappa shape index (κ3) is 6.23. The van der Waals surface area contributed by atoms with Gasteiger partial charge < -0.3 is 0 Å². The van der Waals surface area contributed by atoms with E-state index in [0.29, 0.717) is 11.4 Å². The van der Waals surface area contributed by atoms with Crippen LogP contribution in [0.4, 0.5) is 22.7 Å². The number of benzene rings is 3. The molecule has 0 heterocycles. The van der Waals surface area contributed by atoms with Crippen LogP contribution in [0.3, 0.4) is 0 Å². The molecule has 8 nitrogen and oxygen atoms in total. The highest BCUT2D eigenvalue weighted by Gasteiger charge is 1.98. The Morgan fingerprint density at radius 1 is 0.731 bits per heavy atom. The number of non-ortho nitro benzene ring substituents is 1. The Balaban J connectivity index is 0.000000228. The van der Waals surface area contributed by atoms with Crippen molar-refractivity contribution in [2.75, 3.05) is 0 Å². The van der Waals surface area contributed by atoms with Gasteiger partial charge in [0.05, 0.1) is 16.3 Å². The van der Waals surface area contributed by atoms with Crippen LogP contribution in [0, 0.1) is 10.1 Å². The molecule has 0 spiro atoms. The number of hydrogen-bond acceptors (Lipinski definition) is 5.